The lowest BCUT2D eigenvalue weighted by molar-refractivity contribution is -0.113. The van der Waals surface area contributed by atoms with Gasteiger partial charge in [0.1, 0.15) is 17.3 Å². The Morgan fingerprint density at radius 2 is 1.71 bits per heavy atom. The summed E-state index contributed by atoms with van der Waals surface area (Å²) in [5, 5.41) is 0.435. The molecule has 0 aromatic heterocycles. The van der Waals surface area contributed by atoms with Crippen LogP contribution in [-0.4, -0.2) is 24.8 Å². The summed E-state index contributed by atoms with van der Waals surface area (Å²) in [7, 11) is 1.31. The molecule has 7 heteroatoms. The Morgan fingerprint density at radius 1 is 1.03 bits per heavy atom. The summed E-state index contributed by atoms with van der Waals surface area (Å²) in [6.07, 6.45) is 1.61. The van der Waals surface area contributed by atoms with Crippen LogP contribution in [0.15, 0.2) is 83.5 Å². The van der Waals surface area contributed by atoms with E-state index in [2.05, 4.69) is 4.99 Å². The lowest BCUT2D eigenvalue weighted by Gasteiger charge is -2.19. The number of amides is 1. The smallest absolute Gasteiger partial charge is 0.337 e. The van der Waals surface area contributed by atoms with Gasteiger partial charge in [-0.05, 0) is 60.2 Å². The SMILES string of the molecule is COC(=O)c1ccc(/C=C2/N=C(c3ccccc3Cl)N(c3ccc(F)cc3)C2=O)cc1. The predicted molar refractivity (Wildman–Crippen MR) is 118 cm³/mol. The van der Waals surface area contributed by atoms with Crippen molar-refractivity contribution in [3.63, 3.8) is 0 Å². The predicted octanol–water partition coefficient (Wildman–Crippen LogP) is 5.10. The van der Waals surface area contributed by atoms with Crippen molar-refractivity contribution in [2.75, 3.05) is 12.0 Å². The molecule has 0 bridgehead atoms. The molecule has 3 aromatic carbocycles. The van der Waals surface area contributed by atoms with Crippen molar-refractivity contribution in [1.29, 1.82) is 0 Å². The molecule has 154 valence electrons. The van der Waals surface area contributed by atoms with Crippen LogP contribution in [0.3, 0.4) is 0 Å². The van der Waals surface area contributed by atoms with E-state index in [1.54, 1.807) is 54.6 Å². The normalized spacial score (nSPS) is 14.7. The van der Waals surface area contributed by atoms with E-state index in [1.165, 1.54) is 36.3 Å². The summed E-state index contributed by atoms with van der Waals surface area (Å²) in [6.45, 7) is 0. The first-order chi connectivity index (χ1) is 15.0. The second-order valence-corrected chi connectivity index (χ2v) is 7.08. The maximum Gasteiger partial charge on any atom is 0.337 e. The van der Waals surface area contributed by atoms with Crippen molar-refractivity contribution in [2.24, 2.45) is 4.99 Å². The summed E-state index contributed by atoms with van der Waals surface area (Å²) in [4.78, 5) is 30.8. The Kier molecular flexibility index (Phi) is 5.64. The van der Waals surface area contributed by atoms with Gasteiger partial charge < -0.3 is 4.74 Å². The van der Waals surface area contributed by atoms with Crippen LogP contribution >= 0.6 is 11.6 Å². The van der Waals surface area contributed by atoms with Crippen molar-refractivity contribution in [2.45, 2.75) is 0 Å². The van der Waals surface area contributed by atoms with Gasteiger partial charge in [-0.3, -0.25) is 9.69 Å². The minimum atomic E-state index is -0.447. The van der Waals surface area contributed by atoms with Crippen LogP contribution in [0, 0.1) is 5.82 Å². The van der Waals surface area contributed by atoms with E-state index >= 15 is 0 Å². The lowest BCUT2D eigenvalue weighted by Crippen LogP contribution is -2.32. The van der Waals surface area contributed by atoms with Crippen molar-refractivity contribution < 1.29 is 18.7 Å². The molecule has 4 rings (SSSR count). The summed E-state index contributed by atoms with van der Waals surface area (Å²) < 4.78 is 18.1. The topological polar surface area (TPSA) is 59.0 Å². The Labute approximate surface area is 183 Å². The summed E-state index contributed by atoms with van der Waals surface area (Å²) in [5.41, 5.74) is 2.31. The van der Waals surface area contributed by atoms with Crippen molar-refractivity contribution >= 4 is 41.1 Å². The van der Waals surface area contributed by atoms with Crippen LogP contribution in [0.4, 0.5) is 10.1 Å². The number of benzene rings is 3. The molecule has 1 amide bonds. The molecule has 1 aliphatic heterocycles. The Morgan fingerprint density at radius 3 is 2.35 bits per heavy atom. The van der Waals surface area contributed by atoms with Gasteiger partial charge in [0.15, 0.2) is 0 Å². The molecule has 0 saturated carbocycles. The molecule has 0 saturated heterocycles. The third-order valence-electron chi connectivity index (χ3n) is 4.70. The van der Waals surface area contributed by atoms with Gasteiger partial charge in [0.2, 0.25) is 0 Å². The average Bonchev–Trinajstić information content (AvgIpc) is 3.10. The lowest BCUT2D eigenvalue weighted by atomic mass is 10.1. The molecule has 3 aromatic rings. The second-order valence-electron chi connectivity index (χ2n) is 6.68. The molecule has 0 unspecified atom stereocenters. The van der Waals surface area contributed by atoms with Gasteiger partial charge in [-0.1, -0.05) is 35.9 Å². The van der Waals surface area contributed by atoms with Gasteiger partial charge in [-0.15, -0.1) is 0 Å². The quantitative estimate of drug-likeness (QED) is 0.424. The van der Waals surface area contributed by atoms with Crippen molar-refractivity contribution in [3.05, 3.63) is 106 Å². The number of rotatable bonds is 4. The number of carbonyl (C=O) groups excluding carboxylic acids is 2. The number of carbonyl (C=O) groups is 2. The molecule has 0 atom stereocenters. The highest BCUT2D eigenvalue weighted by Gasteiger charge is 2.33. The molecule has 0 fully saturated rings. The first-order valence-corrected chi connectivity index (χ1v) is 9.69. The molecular formula is C24H16ClFN2O3. The summed E-state index contributed by atoms with van der Waals surface area (Å²) in [5.74, 6) is -0.885. The molecule has 0 radical (unpaired) electrons. The first kappa shape index (κ1) is 20.5. The molecule has 1 aliphatic rings. The third kappa shape index (κ3) is 4.11. The van der Waals surface area contributed by atoms with Gasteiger partial charge in [0.05, 0.1) is 23.4 Å². The van der Waals surface area contributed by atoms with E-state index in [-0.39, 0.29) is 11.6 Å². The highest BCUT2D eigenvalue weighted by molar-refractivity contribution is 6.39. The molecule has 0 spiro atoms. The van der Waals surface area contributed by atoms with E-state index < -0.39 is 11.8 Å². The van der Waals surface area contributed by atoms with Crippen LogP contribution in [0.2, 0.25) is 5.02 Å². The monoisotopic (exact) mass is 434 g/mol. The van der Waals surface area contributed by atoms with Crippen LogP contribution in [0.1, 0.15) is 21.5 Å². The molecule has 0 N–H and O–H groups in total. The van der Waals surface area contributed by atoms with E-state index in [4.69, 9.17) is 16.3 Å². The standard InChI is InChI=1S/C24H16ClFN2O3/c1-31-24(30)16-8-6-15(7-9-16)14-21-23(29)28(18-12-10-17(26)11-13-18)22(27-21)19-4-2-3-5-20(19)25/h2-14H,1H3/b21-14+. The van der Waals surface area contributed by atoms with E-state index in [1.807, 2.05) is 0 Å². The van der Waals surface area contributed by atoms with Gasteiger partial charge in [-0.25, -0.2) is 14.2 Å². The number of ether oxygens (including phenoxy) is 1. The fraction of sp³-hybridized carbons (Fsp3) is 0.0417. The maximum atomic E-state index is 13.4. The van der Waals surface area contributed by atoms with Crippen molar-refractivity contribution in [1.82, 2.24) is 0 Å². The molecule has 31 heavy (non-hydrogen) atoms. The number of hydrogen-bond donors (Lipinski definition) is 0. The summed E-state index contributed by atoms with van der Waals surface area (Å²) in [6, 6.07) is 19.2. The zero-order chi connectivity index (χ0) is 22.0. The van der Waals surface area contributed by atoms with Gasteiger partial charge in [0, 0.05) is 5.56 Å². The van der Waals surface area contributed by atoms with Crippen LogP contribution < -0.4 is 4.90 Å². The fourth-order valence-corrected chi connectivity index (χ4v) is 3.38. The number of hydrogen-bond acceptors (Lipinski definition) is 4. The van der Waals surface area contributed by atoms with Gasteiger partial charge >= 0.3 is 5.97 Å². The van der Waals surface area contributed by atoms with Crippen LogP contribution in [-0.2, 0) is 9.53 Å². The zero-order valence-corrected chi connectivity index (χ0v) is 17.1. The van der Waals surface area contributed by atoms with Crippen molar-refractivity contribution in [3.8, 4) is 0 Å². The number of esters is 1. The molecule has 0 aliphatic carbocycles. The second kappa shape index (κ2) is 8.53. The number of aliphatic imine (C=N–C) groups is 1. The fourth-order valence-electron chi connectivity index (χ4n) is 3.16. The Bertz CT molecular complexity index is 1220. The number of methoxy groups -OCH3 is 1. The number of amidine groups is 1. The number of nitrogens with zero attached hydrogens (tertiary/aromatic N) is 2. The van der Waals surface area contributed by atoms with Gasteiger partial charge in [-0.2, -0.15) is 0 Å². The largest absolute Gasteiger partial charge is 0.465 e. The molecule has 5 nitrogen and oxygen atoms in total. The highest BCUT2D eigenvalue weighted by Crippen LogP contribution is 2.30. The Hall–Kier alpha value is -3.77. The van der Waals surface area contributed by atoms with Crippen LogP contribution in [0.5, 0.6) is 0 Å². The zero-order valence-electron chi connectivity index (χ0n) is 16.4. The minimum Gasteiger partial charge on any atom is -0.465 e. The van der Waals surface area contributed by atoms with E-state index in [0.29, 0.717) is 33.2 Å². The van der Waals surface area contributed by atoms with Gasteiger partial charge in [0.25, 0.3) is 5.91 Å². The third-order valence-corrected chi connectivity index (χ3v) is 5.02. The minimum absolute atomic E-state index is 0.185. The maximum absolute atomic E-state index is 13.4. The average molecular weight is 435 g/mol. The van der Waals surface area contributed by atoms with E-state index in [9.17, 15) is 14.0 Å². The Balaban J connectivity index is 1.78. The number of anilines is 1. The molecular weight excluding hydrogens is 419 g/mol. The number of halogens is 2. The first-order valence-electron chi connectivity index (χ1n) is 9.31. The molecule has 1 heterocycles. The summed E-state index contributed by atoms with van der Waals surface area (Å²) >= 11 is 6.36. The van der Waals surface area contributed by atoms with Crippen LogP contribution in [0.25, 0.3) is 6.08 Å². The highest BCUT2D eigenvalue weighted by atomic mass is 35.5. The van der Waals surface area contributed by atoms with E-state index in [0.717, 1.165) is 0 Å².